The maximum absolute atomic E-state index is 12.4. The highest BCUT2D eigenvalue weighted by atomic mass is 16.5. The van der Waals surface area contributed by atoms with Crippen LogP contribution in [0.4, 0.5) is 11.4 Å². The van der Waals surface area contributed by atoms with E-state index in [1.807, 2.05) is 0 Å². The summed E-state index contributed by atoms with van der Waals surface area (Å²) in [5.41, 5.74) is 1.51. The van der Waals surface area contributed by atoms with Crippen molar-refractivity contribution in [2.45, 2.75) is 18.9 Å². The lowest BCUT2D eigenvalue weighted by Crippen LogP contribution is -2.37. The van der Waals surface area contributed by atoms with Gasteiger partial charge in [-0.3, -0.25) is 14.4 Å². The predicted molar refractivity (Wildman–Crippen MR) is 97.2 cm³/mol. The lowest BCUT2D eigenvalue weighted by Gasteiger charge is -2.12. The first-order chi connectivity index (χ1) is 12.5. The Kier molecular flexibility index (Phi) is 5.17. The molecule has 0 saturated carbocycles. The summed E-state index contributed by atoms with van der Waals surface area (Å²) in [7, 11) is 1.56. The summed E-state index contributed by atoms with van der Waals surface area (Å²) in [6.07, 6.45) is 0.821. The lowest BCUT2D eigenvalue weighted by atomic mass is 10.1. The van der Waals surface area contributed by atoms with Crippen LogP contribution in [0.3, 0.4) is 0 Å². The van der Waals surface area contributed by atoms with Crippen LogP contribution in [0.1, 0.15) is 23.2 Å². The van der Waals surface area contributed by atoms with Crippen LogP contribution in [0.15, 0.2) is 48.5 Å². The van der Waals surface area contributed by atoms with Crippen molar-refractivity contribution in [3.63, 3.8) is 0 Å². The number of amides is 3. The molecule has 0 aliphatic carbocycles. The van der Waals surface area contributed by atoms with E-state index in [4.69, 9.17) is 4.74 Å². The molecule has 3 N–H and O–H groups in total. The Balaban J connectivity index is 1.67. The fourth-order valence-corrected chi connectivity index (χ4v) is 2.68. The number of rotatable bonds is 5. The Labute approximate surface area is 150 Å². The molecule has 2 aromatic rings. The lowest BCUT2D eigenvalue weighted by molar-refractivity contribution is -0.122. The predicted octanol–water partition coefficient (Wildman–Crippen LogP) is 2.16. The van der Waals surface area contributed by atoms with Gasteiger partial charge in [0.2, 0.25) is 11.8 Å². The van der Waals surface area contributed by atoms with Crippen molar-refractivity contribution < 1.29 is 19.1 Å². The van der Waals surface area contributed by atoms with Crippen molar-refractivity contribution in [2.75, 3.05) is 17.7 Å². The number of hydrogen-bond acceptors (Lipinski definition) is 4. The van der Waals surface area contributed by atoms with E-state index in [1.165, 1.54) is 0 Å². The van der Waals surface area contributed by atoms with Gasteiger partial charge < -0.3 is 20.7 Å². The highest BCUT2D eigenvalue weighted by molar-refractivity contribution is 6.06. The number of ether oxygens (including phenoxy) is 1. The molecule has 0 spiro atoms. The summed E-state index contributed by atoms with van der Waals surface area (Å²) in [5.74, 6) is -0.0799. The summed E-state index contributed by atoms with van der Waals surface area (Å²) in [4.78, 5) is 35.8. The first-order valence-corrected chi connectivity index (χ1v) is 8.21. The number of methoxy groups -OCH3 is 1. The van der Waals surface area contributed by atoms with E-state index in [9.17, 15) is 14.4 Å². The third-order valence-corrected chi connectivity index (χ3v) is 4.03. The van der Waals surface area contributed by atoms with Crippen molar-refractivity contribution in [3.8, 4) is 5.75 Å². The van der Waals surface area contributed by atoms with Crippen LogP contribution in [0.5, 0.6) is 5.75 Å². The Morgan fingerprint density at radius 3 is 2.50 bits per heavy atom. The van der Waals surface area contributed by atoms with Gasteiger partial charge in [-0.2, -0.15) is 0 Å². The average molecular weight is 353 g/mol. The van der Waals surface area contributed by atoms with E-state index in [-0.39, 0.29) is 17.7 Å². The number of hydrogen-bond donors (Lipinski definition) is 3. The van der Waals surface area contributed by atoms with Crippen LogP contribution < -0.4 is 20.7 Å². The number of carbonyl (C=O) groups excluding carboxylic acids is 3. The minimum Gasteiger partial charge on any atom is -0.497 e. The van der Waals surface area contributed by atoms with Gasteiger partial charge in [-0.05, 0) is 36.8 Å². The van der Waals surface area contributed by atoms with Gasteiger partial charge in [0.05, 0.1) is 7.11 Å². The molecule has 0 unspecified atom stereocenters. The first kappa shape index (κ1) is 17.5. The van der Waals surface area contributed by atoms with E-state index >= 15 is 0 Å². The molecule has 1 atom stereocenters. The van der Waals surface area contributed by atoms with Gasteiger partial charge in [0.1, 0.15) is 11.8 Å². The first-order valence-electron chi connectivity index (χ1n) is 8.21. The minimum absolute atomic E-state index is 0.128. The molecule has 0 radical (unpaired) electrons. The molecule has 7 heteroatoms. The standard InChI is InChI=1S/C19H19N3O4/c1-26-15-7-3-6-14(11-15)20-18(24)12-4-2-5-13(10-12)21-19(25)16-8-9-17(23)22-16/h2-7,10-11,16H,8-9H2,1H3,(H,20,24)(H,21,25)(H,22,23)/t16-/m0/s1. The van der Waals surface area contributed by atoms with Gasteiger partial charge in [0, 0.05) is 29.4 Å². The van der Waals surface area contributed by atoms with Crippen molar-refractivity contribution in [1.82, 2.24) is 5.32 Å². The van der Waals surface area contributed by atoms with Gasteiger partial charge in [-0.15, -0.1) is 0 Å². The van der Waals surface area contributed by atoms with Crippen LogP contribution in [0, 0.1) is 0 Å². The molecule has 3 amide bonds. The quantitative estimate of drug-likeness (QED) is 0.767. The van der Waals surface area contributed by atoms with Crippen LogP contribution in [0.25, 0.3) is 0 Å². The summed E-state index contributed by atoms with van der Waals surface area (Å²) < 4.78 is 5.13. The van der Waals surface area contributed by atoms with Gasteiger partial charge >= 0.3 is 0 Å². The van der Waals surface area contributed by atoms with Crippen molar-refractivity contribution in [3.05, 3.63) is 54.1 Å². The van der Waals surface area contributed by atoms with Crippen LogP contribution in [0.2, 0.25) is 0 Å². The van der Waals surface area contributed by atoms with E-state index in [2.05, 4.69) is 16.0 Å². The number of benzene rings is 2. The fraction of sp³-hybridized carbons (Fsp3) is 0.211. The van der Waals surface area contributed by atoms with Crippen molar-refractivity contribution in [2.24, 2.45) is 0 Å². The molecule has 2 aromatic carbocycles. The summed E-state index contributed by atoms with van der Waals surface area (Å²) in [6, 6.07) is 13.1. The molecule has 0 aromatic heterocycles. The van der Waals surface area contributed by atoms with Gasteiger partial charge in [0.15, 0.2) is 0 Å². The summed E-state index contributed by atoms with van der Waals surface area (Å²) >= 11 is 0. The third-order valence-electron chi connectivity index (χ3n) is 4.03. The van der Waals surface area contributed by atoms with E-state index in [0.717, 1.165) is 0 Å². The van der Waals surface area contributed by atoms with Crippen LogP contribution in [-0.4, -0.2) is 30.9 Å². The van der Waals surface area contributed by atoms with E-state index in [0.29, 0.717) is 35.5 Å². The zero-order chi connectivity index (χ0) is 18.5. The largest absolute Gasteiger partial charge is 0.497 e. The zero-order valence-corrected chi connectivity index (χ0v) is 14.2. The molecule has 7 nitrogen and oxygen atoms in total. The monoisotopic (exact) mass is 353 g/mol. The molecule has 1 aliphatic heterocycles. The zero-order valence-electron chi connectivity index (χ0n) is 14.2. The molecule has 1 aliphatic rings. The number of anilines is 2. The maximum Gasteiger partial charge on any atom is 0.255 e. The normalized spacial score (nSPS) is 15.9. The fourth-order valence-electron chi connectivity index (χ4n) is 2.68. The molecule has 0 bridgehead atoms. The van der Waals surface area contributed by atoms with Crippen molar-refractivity contribution >= 4 is 29.1 Å². The topological polar surface area (TPSA) is 96.5 Å². The second-order valence-corrected chi connectivity index (χ2v) is 5.91. The molecule has 26 heavy (non-hydrogen) atoms. The second-order valence-electron chi connectivity index (χ2n) is 5.91. The molecular weight excluding hydrogens is 334 g/mol. The molecule has 134 valence electrons. The molecule has 3 rings (SSSR count). The Hall–Kier alpha value is -3.35. The highest BCUT2D eigenvalue weighted by Gasteiger charge is 2.27. The minimum atomic E-state index is -0.531. The number of carbonyl (C=O) groups is 3. The summed E-state index contributed by atoms with van der Waals surface area (Å²) in [5, 5.41) is 8.13. The second kappa shape index (κ2) is 7.69. The van der Waals surface area contributed by atoms with Gasteiger partial charge in [-0.1, -0.05) is 12.1 Å². The smallest absolute Gasteiger partial charge is 0.255 e. The molecule has 1 saturated heterocycles. The van der Waals surface area contributed by atoms with E-state index < -0.39 is 6.04 Å². The van der Waals surface area contributed by atoms with Gasteiger partial charge in [0.25, 0.3) is 5.91 Å². The molecular formula is C19H19N3O4. The van der Waals surface area contributed by atoms with Crippen molar-refractivity contribution in [1.29, 1.82) is 0 Å². The molecule has 1 heterocycles. The molecule has 1 fully saturated rings. The third kappa shape index (κ3) is 4.18. The SMILES string of the molecule is COc1cccc(NC(=O)c2cccc(NC(=O)[C@@H]3CCC(=O)N3)c2)c1. The van der Waals surface area contributed by atoms with E-state index in [1.54, 1.807) is 55.6 Å². The van der Waals surface area contributed by atoms with Crippen LogP contribution >= 0.6 is 0 Å². The highest BCUT2D eigenvalue weighted by Crippen LogP contribution is 2.19. The maximum atomic E-state index is 12.4. The van der Waals surface area contributed by atoms with Crippen LogP contribution in [-0.2, 0) is 9.59 Å². The Morgan fingerprint density at radius 2 is 1.81 bits per heavy atom. The van der Waals surface area contributed by atoms with Gasteiger partial charge in [-0.25, -0.2) is 0 Å². The number of nitrogens with one attached hydrogen (secondary N) is 3. The average Bonchev–Trinajstić information content (AvgIpc) is 3.08. The summed E-state index contributed by atoms with van der Waals surface area (Å²) in [6.45, 7) is 0. The Bertz CT molecular complexity index is 850. The Morgan fingerprint density at radius 1 is 1.08 bits per heavy atom.